The van der Waals surface area contributed by atoms with E-state index in [0.29, 0.717) is 16.6 Å². The van der Waals surface area contributed by atoms with Crippen LogP contribution in [0.4, 0.5) is 5.69 Å². The maximum absolute atomic E-state index is 12.4. The average molecular weight is 392 g/mol. The Labute approximate surface area is 161 Å². The number of benzene rings is 1. The lowest BCUT2D eigenvalue weighted by molar-refractivity contribution is -0.137. The summed E-state index contributed by atoms with van der Waals surface area (Å²) in [7, 11) is 1.90. The van der Waals surface area contributed by atoms with E-state index in [1.165, 1.54) is 30.4 Å². The number of hydrazone groups is 1. The monoisotopic (exact) mass is 391 g/mol. The lowest BCUT2D eigenvalue weighted by atomic mass is 10.2. The van der Waals surface area contributed by atoms with E-state index in [1.54, 1.807) is 6.92 Å². The number of Topliss-reactive ketones (excluding diaryl/α,β-unsaturated/α-hetero) is 1. The third kappa shape index (κ3) is 3.01. The number of thioether (sulfide) groups is 2. The van der Waals surface area contributed by atoms with Crippen molar-refractivity contribution in [3.63, 3.8) is 0 Å². The van der Waals surface area contributed by atoms with Gasteiger partial charge in [0.2, 0.25) is 4.33 Å². The Bertz CT molecular complexity index is 819. The molecule has 6 nitrogen and oxygen atoms in total. The fourth-order valence-corrected chi connectivity index (χ4v) is 5.57. The number of nitrogens with zero attached hydrogens (tertiary/aromatic N) is 3. The van der Waals surface area contributed by atoms with Gasteiger partial charge in [0.1, 0.15) is 4.91 Å². The van der Waals surface area contributed by atoms with E-state index in [1.807, 2.05) is 55.1 Å². The van der Waals surface area contributed by atoms with Crippen LogP contribution >= 0.6 is 23.5 Å². The SMILES string of the molecule is CCOC(=O)C1=C(C)N(C)[C@]2(SC(C(C)=O)=NN2c2ccc(C)cc2)S1. The van der Waals surface area contributed by atoms with Gasteiger partial charge >= 0.3 is 5.97 Å². The van der Waals surface area contributed by atoms with Crippen LogP contribution in [-0.2, 0) is 14.3 Å². The molecule has 1 spiro atoms. The van der Waals surface area contributed by atoms with E-state index in [4.69, 9.17) is 4.74 Å². The number of ketones is 1. The van der Waals surface area contributed by atoms with Crippen LogP contribution in [0.3, 0.4) is 0 Å². The number of aryl methyl sites for hydroxylation is 1. The molecule has 138 valence electrons. The van der Waals surface area contributed by atoms with Crippen LogP contribution in [0, 0.1) is 6.92 Å². The van der Waals surface area contributed by atoms with Crippen molar-refractivity contribution in [2.24, 2.45) is 5.10 Å². The van der Waals surface area contributed by atoms with Crippen LogP contribution < -0.4 is 5.01 Å². The van der Waals surface area contributed by atoms with Gasteiger partial charge in [-0.3, -0.25) is 4.79 Å². The molecule has 26 heavy (non-hydrogen) atoms. The van der Waals surface area contributed by atoms with Gasteiger partial charge in [0, 0.05) is 19.7 Å². The number of carbonyl (C=O) groups excluding carboxylic acids is 2. The molecule has 8 heteroatoms. The van der Waals surface area contributed by atoms with Crippen LogP contribution in [0.25, 0.3) is 0 Å². The second-order valence-electron chi connectivity index (χ2n) is 6.06. The van der Waals surface area contributed by atoms with Gasteiger partial charge in [-0.05, 0) is 44.7 Å². The second-order valence-corrected chi connectivity index (χ2v) is 8.66. The predicted octanol–water partition coefficient (Wildman–Crippen LogP) is 3.54. The number of ether oxygens (including phenoxy) is 1. The van der Waals surface area contributed by atoms with E-state index in [9.17, 15) is 9.59 Å². The van der Waals surface area contributed by atoms with E-state index in [-0.39, 0.29) is 11.8 Å². The summed E-state index contributed by atoms with van der Waals surface area (Å²) in [6, 6.07) is 7.94. The van der Waals surface area contributed by atoms with Gasteiger partial charge in [-0.15, -0.1) is 0 Å². The molecule has 0 N–H and O–H groups in total. The van der Waals surface area contributed by atoms with Crippen LogP contribution in [0.2, 0.25) is 0 Å². The zero-order chi connectivity index (χ0) is 19.1. The van der Waals surface area contributed by atoms with Crippen molar-refractivity contribution in [1.82, 2.24) is 4.90 Å². The Morgan fingerprint density at radius 1 is 1.19 bits per heavy atom. The highest BCUT2D eigenvalue weighted by molar-refractivity contribution is 8.28. The van der Waals surface area contributed by atoms with Crippen molar-refractivity contribution in [3.8, 4) is 0 Å². The summed E-state index contributed by atoms with van der Waals surface area (Å²) in [6.45, 7) is 7.51. The third-order valence-corrected chi connectivity index (χ3v) is 7.37. The number of carbonyl (C=O) groups is 2. The van der Waals surface area contributed by atoms with Gasteiger partial charge in [-0.2, -0.15) is 5.10 Å². The lowest BCUT2D eigenvalue weighted by Crippen LogP contribution is -2.47. The molecule has 0 amide bonds. The molecule has 2 aliphatic heterocycles. The van der Waals surface area contributed by atoms with Crippen LogP contribution in [0.15, 0.2) is 40.0 Å². The smallest absolute Gasteiger partial charge is 0.346 e. The zero-order valence-corrected chi connectivity index (χ0v) is 17.0. The van der Waals surface area contributed by atoms with E-state index < -0.39 is 4.33 Å². The van der Waals surface area contributed by atoms with Crippen molar-refractivity contribution in [3.05, 3.63) is 40.4 Å². The Morgan fingerprint density at radius 2 is 1.85 bits per heavy atom. The molecule has 0 radical (unpaired) electrons. The first-order valence-corrected chi connectivity index (χ1v) is 9.89. The quantitative estimate of drug-likeness (QED) is 0.728. The molecular formula is C18H21N3O3S2. The molecule has 0 saturated heterocycles. The van der Waals surface area contributed by atoms with Gasteiger partial charge in [-0.1, -0.05) is 29.5 Å². The number of hydrogen-bond donors (Lipinski definition) is 0. The summed E-state index contributed by atoms with van der Waals surface area (Å²) in [6.07, 6.45) is 0. The number of anilines is 1. The Balaban J connectivity index is 2.03. The summed E-state index contributed by atoms with van der Waals surface area (Å²) >= 11 is 2.72. The summed E-state index contributed by atoms with van der Waals surface area (Å²) in [5.41, 5.74) is 2.80. The normalized spacial score (nSPS) is 22.3. The van der Waals surface area contributed by atoms with Crippen LogP contribution in [0.1, 0.15) is 26.3 Å². The molecule has 2 aliphatic rings. The molecule has 0 unspecified atom stereocenters. The Hall–Kier alpha value is -1.93. The molecule has 3 rings (SSSR count). The van der Waals surface area contributed by atoms with Gasteiger partial charge in [-0.25, -0.2) is 9.80 Å². The molecule has 0 aliphatic carbocycles. The van der Waals surface area contributed by atoms with Crippen LogP contribution in [0.5, 0.6) is 0 Å². The summed E-state index contributed by atoms with van der Waals surface area (Å²) in [4.78, 5) is 26.9. The number of allylic oxidation sites excluding steroid dienone is 1. The van der Waals surface area contributed by atoms with Crippen LogP contribution in [-0.4, -0.2) is 39.7 Å². The maximum Gasteiger partial charge on any atom is 0.346 e. The Morgan fingerprint density at radius 3 is 2.42 bits per heavy atom. The zero-order valence-electron chi connectivity index (χ0n) is 15.4. The molecule has 0 aromatic heterocycles. The fourth-order valence-electron chi connectivity index (χ4n) is 2.69. The molecular weight excluding hydrogens is 370 g/mol. The van der Waals surface area contributed by atoms with Crippen molar-refractivity contribution < 1.29 is 14.3 Å². The van der Waals surface area contributed by atoms with E-state index in [0.717, 1.165) is 16.9 Å². The second kappa shape index (κ2) is 7.00. The van der Waals surface area contributed by atoms with E-state index in [2.05, 4.69) is 5.10 Å². The lowest BCUT2D eigenvalue weighted by Gasteiger charge is -2.39. The molecule has 0 saturated carbocycles. The topological polar surface area (TPSA) is 62.2 Å². The first kappa shape index (κ1) is 18.8. The van der Waals surface area contributed by atoms with Crippen molar-refractivity contribution >= 4 is 46.0 Å². The molecule has 1 aromatic carbocycles. The molecule has 2 heterocycles. The van der Waals surface area contributed by atoms with Crippen molar-refractivity contribution in [1.29, 1.82) is 0 Å². The average Bonchev–Trinajstić information content (AvgIpc) is 3.11. The highest BCUT2D eigenvalue weighted by Crippen LogP contribution is 2.58. The predicted molar refractivity (Wildman–Crippen MR) is 107 cm³/mol. The first-order valence-electron chi connectivity index (χ1n) is 8.26. The van der Waals surface area contributed by atoms with E-state index >= 15 is 0 Å². The minimum Gasteiger partial charge on any atom is -0.462 e. The summed E-state index contributed by atoms with van der Waals surface area (Å²) in [5, 5.41) is 6.80. The van der Waals surface area contributed by atoms with Gasteiger partial charge < -0.3 is 9.64 Å². The number of hydrogen-bond acceptors (Lipinski definition) is 8. The maximum atomic E-state index is 12.4. The first-order chi connectivity index (χ1) is 12.3. The van der Waals surface area contributed by atoms with Crippen molar-refractivity contribution in [2.75, 3.05) is 18.7 Å². The highest BCUT2D eigenvalue weighted by Gasteiger charge is 2.56. The number of rotatable bonds is 4. The largest absolute Gasteiger partial charge is 0.462 e. The summed E-state index contributed by atoms with van der Waals surface area (Å²) < 4.78 is 4.44. The Kier molecular flexibility index (Phi) is 5.07. The highest BCUT2D eigenvalue weighted by atomic mass is 32.2. The van der Waals surface area contributed by atoms with Crippen molar-refractivity contribution in [2.45, 2.75) is 32.0 Å². The minimum atomic E-state index is -0.761. The molecule has 0 fully saturated rings. The summed E-state index contributed by atoms with van der Waals surface area (Å²) in [5.74, 6) is -0.445. The van der Waals surface area contributed by atoms with Gasteiger partial charge in [0.25, 0.3) is 0 Å². The molecule has 0 bridgehead atoms. The number of esters is 1. The standard InChI is InChI=1S/C18H21N3O3S2/c1-6-24-17(23)15-12(3)20(5)18(25-15)21(19-16(26-18)13(4)22)14-9-7-11(2)8-10-14/h7-10H,6H2,1-5H3/t18-/m1/s1. The minimum absolute atomic E-state index is 0.0970. The fraction of sp³-hybridized carbons (Fsp3) is 0.389. The van der Waals surface area contributed by atoms with Gasteiger partial charge in [0.05, 0.1) is 12.3 Å². The van der Waals surface area contributed by atoms with Gasteiger partial charge in [0.15, 0.2) is 10.8 Å². The third-order valence-electron chi connectivity index (χ3n) is 4.22. The molecule has 1 aromatic rings. The molecule has 1 atom stereocenters.